The summed E-state index contributed by atoms with van der Waals surface area (Å²) in [6.45, 7) is 8.73. The van der Waals surface area contributed by atoms with Crippen molar-refractivity contribution in [3.05, 3.63) is 0 Å². The van der Waals surface area contributed by atoms with Gasteiger partial charge in [0.2, 0.25) is 0 Å². The zero-order valence-electron chi connectivity index (χ0n) is 9.39. The van der Waals surface area contributed by atoms with E-state index < -0.39 is 21.4 Å². The zero-order chi connectivity index (χ0) is 9.52. The van der Waals surface area contributed by atoms with E-state index in [0.29, 0.717) is 0 Å². The average molecular weight is 285 g/mol. The molecule has 0 aromatic carbocycles. The molecule has 0 amide bonds. The van der Waals surface area contributed by atoms with Crippen LogP contribution >= 0.6 is 0 Å². The Labute approximate surface area is 91.4 Å². The van der Waals surface area contributed by atoms with Gasteiger partial charge in [0, 0.05) is 0 Å². The quantitative estimate of drug-likeness (QED) is 0.770. The van der Waals surface area contributed by atoms with E-state index in [2.05, 4.69) is 18.7 Å². The van der Waals surface area contributed by atoms with E-state index in [1.54, 1.807) is 12.5 Å². The van der Waals surface area contributed by atoms with Gasteiger partial charge in [0.05, 0.1) is 0 Å². The van der Waals surface area contributed by atoms with Gasteiger partial charge in [-0.05, 0) is 0 Å². The molecule has 0 bridgehead atoms. The van der Waals surface area contributed by atoms with E-state index >= 15 is 0 Å². The normalized spacial score (nSPS) is 21.2. The fraction of sp³-hybridized carbons (Fsp3) is 1.00. The molecule has 0 spiro atoms. The summed E-state index contributed by atoms with van der Waals surface area (Å²) < 4.78 is 5.05. The molecular weight excluding hydrogens is 261 g/mol. The van der Waals surface area contributed by atoms with Gasteiger partial charge in [0.25, 0.3) is 0 Å². The van der Waals surface area contributed by atoms with Crippen molar-refractivity contribution in [2.24, 2.45) is 0 Å². The molecule has 1 aliphatic rings. The van der Waals surface area contributed by atoms with Crippen LogP contribution in [0.15, 0.2) is 0 Å². The van der Waals surface area contributed by atoms with Gasteiger partial charge in [0.15, 0.2) is 0 Å². The first-order chi connectivity index (χ1) is 6.36. The molecule has 1 rings (SSSR count). The molecule has 0 radical (unpaired) electrons. The van der Waals surface area contributed by atoms with E-state index in [-0.39, 0.29) is 0 Å². The van der Waals surface area contributed by atoms with Gasteiger partial charge in [-0.1, -0.05) is 0 Å². The molecule has 1 heterocycles. The van der Waals surface area contributed by atoms with Gasteiger partial charge < -0.3 is 0 Å². The fourth-order valence-electron chi connectivity index (χ4n) is 2.48. The van der Waals surface area contributed by atoms with Crippen molar-refractivity contribution >= 4 is 21.4 Å². The summed E-state index contributed by atoms with van der Waals surface area (Å²) in [6, 6.07) is 0. The Morgan fingerprint density at radius 1 is 1.08 bits per heavy atom. The standard InChI is InChI=1S/C8H17N.C3H7.In/c1-4-7-9(6-3)8-5-2;1-3-2;/h1-2,4-8H2,3H3;1,3H2,2H3;. The second kappa shape index (κ2) is 7.17. The summed E-state index contributed by atoms with van der Waals surface area (Å²) >= 11 is -0.936. The van der Waals surface area contributed by atoms with E-state index in [1.807, 2.05) is 0 Å². The summed E-state index contributed by atoms with van der Waals surface area (Å²) in [6.07, 6.45) is 4.52. The second-order valence-corrected chi connectivity index (χ2v) is 14.3. The third kappa shape index (κ3) is 4.73. The van der Waals surface area contributed by atoms with Crippen LogP contribution in [0, 0.1) is 0 Å². The van der Waals surface area contributed by atoms with E-state index in [1.165, 1.54) is 38.9 Å². The number of hydrogen-bond acceptors (Lipinski definition) is 1. The van der Waals surface area contributed by atoms with E-state index in [9.17, 15) is 0 Å². The van der Waals surface area contributed by atoms with Crippen molar-refractivity contribution in [3.63, 3.8) is 0 Å². The number of nitrogens with zero attached hydrogens (tertiary/aromatic N) is 1. The van der Waals surface area contributed by atoms with Crippen molar-refractivity contribution in [2.45, 2.75) is 45.6 Å². The van der Waals surface area contributed by atoms with Crippen LogP contribution in [0.2, 0.25) is 12.5 Å². The first-order valence-corrected chi connectivity index (χ1v) is 13.1. The molecule has 1 saturated heterocycles. The predicted octanol–water partition coefficient (Wildman–Crippen LogP) is 3.01. The van der Waals surface area contributed by atoms with Crippen LogP contribution < -0.4 is 0 Å². The Bertz CT molecular complexity index is 117. The molecule has 0 saturated carbocycles. The molecule has 0 N–H and O–H groups in total. The Kier molecular flexibility index (Phi) is 6.56. The van der Waals surface area contributed by atoms with E-state index in [4.69, 9.17) is 0 Å². The number of hydrogen-bond donors (Lipinski definition) is 0. The molecule has 0 aliphatic carbocycles. The summed E-state index contributed by atoms with van der Waals surface area (Å²) in [5.41, 5.74) is 0. The Morgan fingerprint density at radius 3 is 2.15 bits per heavy atom. The molecule has 0 aromatic heterocycles. The molecule has 1 fully saturated rings. The van der Waals surface area contributed by atoms with Crippen LogP contribution in [-0.2, 0) is 0 Å². The van der Waals surface area contributed by atoms with Crippen LogP contribution in [0.3, 0.4) is 0 Å². The minimum absolute atomic E-state index is 0.936. The Morgan fingerprint density at radius 2 is 1.69 bits per heavy atom. The third-order valence-corrected chi connectivity index (χ3v) is 14.3. The molecule has 2 heteroatoms. The molecule has 0 unspecified atom stereocenters. The minimum atomic E-state index is -0.936. The van der Waals surface area contributed by atoms with Crippen molar-refractivity contribution < 1.29 is 0 Å². The van der Waals surface area contributed by atoms with Crippen LogP contribution in [0.25, 0.3) is 0 Å². The molecule has 13 heavy (non-hydrogen) atoms. The summed E-state index contributed by atoms with van der Waals surface area (Å²) in [4.78, 5) is 2.63. The van der Waals surface area contributed by atoms with Gasteiger partial charge in [-0.25, -0.2) is 0 Å². The molecule has 0 aromatic rings. The Balaban J connectivity index is 2.22. The topological polar surface area (TPSA) is 3.24 Å². The molecular formula is C11H24InN. The Hall–Kier alpha value is 0.830. The van der Waals surface area contributed by atoms with Gasteiger partial charge in [-0.15, -0.1) is 0 Å². The zero-order valence-corrected chi connectivity index (χ0v) is 12.7. The van der Waals surface area contributed by atoms with Crippen LogP contribution in [0.1, 0.15) is 33.1 Å². The van der Waals surface area contributed by atoms with Crippen LogP contribution in [0.4, 0.5) is 0 Å². The monoisotopic (exact) mass is 285 g/mol. The third-order valence-electron chi connectivity index (χ3n) is 3.32. The molecule has 1 aliphatic heterocycles. The van der Waals surface area contributed by atoms with E-state index in [0.717, 1.165) is 0 Å². The van der Waals surface area contributed by atoms with Gasteiger partial charge in [0.1, 0.15) is 0 Å². The van der Waals surface area contributed by atoms with Crippen LogP contribution in [0.5, 0.6) is 0 Å². The van der Waals surface area contributed by atoms with Gasteiger partial charge in [-0.3, -0.25) is 0 Å². The average Bonchev–Trinajstić information content (AvgIpc) is 2.09. The SMILES string of the molecule is CC[CH2][In]1[CH2]CCN(CC)CC[CH2]1. The summed E-state index contributed by atoms with van der Waals surface area (Å²) in [7, 11) is 0. The van der Waals surface area contributed by atoms with Gasteiger partial charge >= 0.3 is 91.6 Å². The molecule has 1 nitrogen and oxygen atoms in total. The molecule has 76 valence electrons. The second-order valence-electron chi connectivity index (χ2n) is 4.37. The number of rotatable bonds is 3. The molecule has 0 atom stereocenters. The predicted molar refractivity (Wildman–Crippen MR) is 61.8 cm³/mol. The van der Waals surface area contributed by atoms with Crippen molar-refractivity contribution in [2.75, 3.05) is 19.6 Å². The fourth-order valence-corrected chi connectivity index (χ4v) is 11.6. The first-order valence-electron chi connectivity index (χ1n) is 6.09. The first kappa shape index (κ1) is 11.9. The summed E-state index contributed by atoms with van der Waals surface area (Å²) in [5, 5.41) is 0. The summed E-state index contributed by atoms with van der Waals surface area (Å²) in [5.74, 6) is 0. The maximum absolute atomic E-state index is 2.63. The van der Waals surface area contributed by atoms with Crippen molar-refractivity contribution in [1.29, 1.82) is 0 Å². The van der Waals surface area contributed by atoms with Crippen molar-refractivity contribution in [1.82, 2.24) is 4.90 Å². The van der Waals surface area contributed by atoms with Crippen LogP contribution in [-0.4, -0.2) is 46.0 Å². The van der Waals surface area contributed by atoms with Crippen molar-refractivity contribution in [3.8, 4) is 0 Å². The van der Waals surface area contributed by atoms with Gasteiger partial charge in [-0.2, -0.15) is 0 Å². The maximum atomic E-state index is 2.63.